The summed E-state index contributed by atoms with van der Waals surface area (Å²) in [5, 5.41) is 8.08. The SMILES string of the molecule is CCn1cnnc1[C@@H]1CN(C(=O)COC2CCCCC2)CCO1. The number of morpholine rings is 1. The van der Waals surface area contributed by atoms with Crippen molar-refractivity contribution in [2.45, 2.75) is 57.8 Å². The fourth-order valence-electron chi connectivity index (χ4n) is 3.30. The molecule has 1 aromatic rings. The molecule has 7 nitrogen and oxygen atoms in total. The van der Waals surface area contributed by atoms with Gasteiger partial charge < -0.3 is 18.9 Å². The van der Waals surface area contributed by atoms with Crippen molar-refractivity contribution in [1.82, 2.24) is 19.7 Å². The summed E-state index contributed by atoms with van der Waals surface area (Å²) in [5.74, 6) is 0.838. The molecule has 1 amide bonds. The third-order valence-electron chi connectivity index (χ3n) is 4.69. The molecule has 0 spiro atoms. The second-order valence-electron chi connectivity index (χ2n) is 6.25. The highest BCUT2D eigenvalue weighted by atomic mass is 16.5. The lowest BCUT2D eigenvalue weighted by atomic mass is 9.98. The van der Waals surface area contributed by atoms with Crippen LogP contribution in [0.3, 0.4) is 0 Å². The van der Waals surface area contributed by atoms with Crippen LogP contribution in [0, 0.1) is 0 Å². The number of carbonyl (C=O) groups excluding carboxylic acids is 1. The minimum Gasteiger partial charge on any atom is -0.368 e. The van der Waals surface area contributed by atoms with Gasteiger partial charge in [-0.05, 0) is 19.8 Å². The van der Waals surface area contributed by atoms with Crippen molar-refractivity contribution in [2.75, 3.05) is 26.3 Å². The van der Waals surface area contributed by atoms with E-state index >= 15 is 0 Å². The largest absolute Gasteiger partial charge is 0.368 e. The normalized spacial score (nSPS) is 23.2. The van der Waals surface area contributed by atoms with Gasteiger partial charge in [0.15, 0.2) is 5.82 Å². The molecule has 0 unspecified atom stereocenters. The number of carbonyl (C=O) groups is 1. The lowest BCUT2D eigenvalue weighted by molar-refractivity contribution is -0.146. The zero-order valence-electron chi connectivity index (χ0n) is 13.8. The first kappa shape index (κ1) is 16.4. The molecule has 1 saturated heterocycles. The Morgan fingerprint density at radius 3 is 3.00 bits per heavy atom. The summed E-state index contributed by atoms with van der Waals surface area (Å²) in [7, 11) is 0. The van der Waals surface area contributed by atoms with Crippen molar-refractivity contribution < 1.29 is 14.3 Å². The number of nitrogens with zero attached hydrogens (tertiary/aromatic N) is 4. The van der Waals surface area contributed by atoms with E-state index in [1.807, 2.05) is 16.4 Å². The lowest BCUT2D eigenvalue weighted by Gasteiger charge is -2.33. The lowest BCUT2D eigenvalue weighted by Crippen LogP contribution is -2.44. The number of hydrogen-bond acceptors (Lipinski definition) is 5. The second-order valence-corrected chi connectivity index (χ2v) is 6.25. The van der Waals surface area contributed by atoms with Crippen molar-refractivity contribution in [1.29, 1.82) is 0 Å². The summed E-state index contributed by atoms with van der Waals surface area (Å²) in [6.07, 6.45) is 7.63. The number of rotatable bonds is 5. The molecule has 7 heteroatoms. The van der Waals surface area contributed by atoms with Gasteiger partial charge >= 0.3 is 0 Å². The number of ether oxygens (including phenoxy) is 2. The van der Waals surface area contributed by atoms with Crippen LogP contribution in [0.25, 0.3) is 0 Å². The molecular weight excluding hydrogens is 296 g/mol. The monoisotopic (exact) mass is 322 g/mol. The van der Waals surface area contributed by atoms with E-state index < -0.39 is 0 Å². The molecule has 1 aliphatic heterocycles. The maximum Gasteiger partial charge on any atom is 0.248 e. The minimum atomic E-state index is -0.204. The van der Waals surface area contributed by atoms with Gasteiger partial charge in [0.05, 0.1) is 19.3 Å². The van der Waals surface area contributed by atoms with Crippen LogP contribution in [-0.2, 0) is 20.8 Å². The molecule has 2 heterocycles. The van der Waals surface area contributed by atoms with Gasteiger partial charge in [-0.15, -0.1) is 10.2 Å². The first-order valence-corrected chi connectivity index (χ1v) is 8.66. The predicted molar refractivity (Wildman–Crippen MR) is 83.8 cm³/mol. The van der Waals surface area contributed by atoms with Crippen LogP contribution in [0.2, 0.25) is 0 Å². The van der Waals surface area contributed by atoms with E-state index in [1.54, 1.807) is 6.33 Å². The molecule has 0 N–H and O–H groups in total. The third kappa shape index (κ3) is 4.09. The van der Waals surface area contributed by atoms with E-state index in [4.69, 9.17) is 9.47 Å². The van der Waals surface area contributed by atoms with Gasteiger partial charge in [-0.2, -0.15) is 0 Å². The Bertz CT molecular complexity index is 513. The number of amides is 1. The van der Waals surface area contributed by atoms with E-state index in [0.29, 0.717) is 19.7 Å². The summed E-state index contributed by atoms with van der Waals surface area (Å²) < 4.78 is 13.5. The van der Waals surface area contributed by atoms with E-state index in [-0.39, 0.29) is 24.7 Å². The first-order chi connectivity index (χ1) is 11.3. The fourth-order valence-corrected chi connectivity index (χ4v) is 3.30. The van der Waals surface area contributed by atoms with Gasteiger partial charge in [-0.25, -0.2) is 0 Å². The van der Waals surface area contributed by atoms with Crippen molar-refractivity contribution in [3.8, 4) is 0 Å². The molecule has 23 heavy (non-hydrogen) atoms. The maximum atomic E-state index is 12.4. The zero-order chi connectivity index (χ0) is 16.1. The minimum absolute atomic E-state index is 0.0476. The summed E-state index contributed by atoms with van der Waals surface area (Å²) in [6, 6.07) is 0. The van der Waals surface area contributed by atoms with Crippen LogP contribution < -0.4 is 0 Å². The molecule has 1 aliphatic carbocycles. The van der Waals surface area contributed by atoms with Crippen molar-refractivity contribution in [3.63, 3.8) is 0 Å². The van der Waals surface area contributed by atoms with Gasteiger partial charge in [0.1, 0.15) is 19.0 Å². The quantitative estimate of drug-likeness (QED) is 0.822. The molecule has 1 atom stereocenters. The molecule has 128 valence electrons. The summed E-state index contributed by atoms with van der Waals surface area (Å²) in [4.78, 5) is 14.2. The van der Waals surface area contributed by atoms with Crippen LogP contribution in [0.4, 0.5) is 0 Å². The standard InChI is InChI=1S/C16H26N4O3/c1-2-19-12-17-18-16(19)14-10-20(8-9-22-14)15(21)11-23-13-6-4-3-5-7-13/h12-14H,2-11H2,1H3/t14-/m0/s1. The Morgan fingerprint density at radius 1 is 1.39 bits per heavy atom. The number of aromatic nitrogens is 3. The topological polar surface area (TPSA) is 69.5 Å². The van der Waals surface area contributed by atoms with Gasteiger partial charge in [-0.3, -0.25) is 4.79 Å². The van der Waals surface area contributed by atoms with Crippen LogP contribution >= 0.6 is 0 Å². The molecule has 3 rings (SSSR count). The van der Waals surface area contributed by atoms with Gasteiger partial charge in [0.25, 0.3) is 0 Å². The van der Waals surface area contributed by atoms with E-state index in [2.05, 4.69) is 10.2 Å². The van der Waals surface area contributed by atoms with Gasteiger partial charge in [0.2, 0.25) is 5.91 Å². The highest BCUT2D eigenvalue weighted by Crippen LogP contribution is 2.22. The Hall–Kier alpha value is -1.47. The van der Waals surface area contributed by atoms with Crippen LogP contribution in [0.15, 0.2) is 6.33 Å². The Labute approximate surface area is 137 Å². The van der Waals surface area contributed by atoms with E-state index in [1.165, 1.54) is 19.3 Å². The number of hydrogen-bond donors (Lipinski definition) is 0. The van der Waals surface area contributed by atoms with Crippen LogP contribution in [0.1, 0.15) is 51.0 Å². The smallest absolute Gasteiger partial charge is 0.248 e. The average Bonchev–Trinajstić information content (AvgIpc) is 3.09. The van der Waals surface area contributed by atoms with E-state index in [9.17, 15) is 4.79 Å². The molecule has 2 aliphatic rings. The second kappa shape index (κ2) is 7.88. The Balaban J connectivity index is 1.52. The Morgan fingerprint density at radius 2 is 2.22 bits per heavy atom. The molecule has 0 radical (unpaired) electrons. The summed E-state index contributed by atoms with van der Waals surface area (Å²) in [6.45, 7) is 4.67. The summed E-state index contributed by atoms with van der Waals surface area (Å²) >= 11 is 0. The highest BCUT2D eigenvalue weighted by molar-refractivity contribution is 5.77. The molecular formula is C16H26N4O3. The third-order valence-corrected chi connectivity index (χ3v) is 4.69. The summed E-state index contributed by atoms with van der Waals surface area (Å²) in [5.41, 5.74) is 0. The number of aryl methyl sites for hydroxylation is 1. The van der Waals surface area contributed by atoms with Crippen molar-refractivity contribution in [3.05, 3.63) is 12.2 Å². The van der Waals surface area contributed by atoms with E-state index in [0.717, 1.165) is 25.2 Å². The maximum absolute atomic E-state index is 12.4. The fraction of sp³-hybridized carbons (Fsp3) is 0.812. The van der Waals surface area contributed by atoms with Gasteiger partial charge in [-0.1, -0.05) is 19.3 Å². The Kier molecular flexibility index (Phi) is 5.61. The molecule has 0 aromatic carbocycles. The molecule has 1 aromatic heterocycles. The molecule has 0 bridgehead atoms. The van der Waals surface area contributed by atoms with Gasteiger partial charge in [0, 0.05) is 13.1 Å². The average molecular weight is 322 g/mol. The zero-order valence-corrected chi connectivity index (χ0v) is 13.8. The van der Waals surface area contributed by atoms with Crippen LogP contribution in [0.5, 0.6) is 0 Å². The molecule has 2 fully saturated rings. The van der Waals surface area contributed by atoms with Crippen LogP contribution in [-0.4, -0.2) is 58.0 Å². The van der Waals surface area contributed by atoms with Crippen molar-refractivity contribution in [2.24, 2.45) is 0 Å². The first-order valence-electron chi connectivity index (χ1n) is 8.66. The molecule has 1 saturated carbocycles. The highest BCUT2D eigenvalue weighted by Gasteiger charge is 2.29. The van der Waals surface area contributed by atoms with Crippen molar-refractivity contribution >= 4 is 5.91 Å². The predicted octanol–water partition coefficient (Wildman–Crippen LogP) is 1.55.